The molecular formula is C11H19F2NO4. The number of aliphatic carboxylic acids is 1. The lowest BCUT2D eigenvalue weighted by Crippen LogP contribution is -2.36. The Kier molecular flexibility index (Phi) is 5.51. The Morgan fingerprint density at radius 1 is 1.33 bits per heavy atom. The SMILES string of the molecule is CC(=O)O.CC(C)(C)OC(=O)N1CCC(F)(F)C1. The van der Waals surface area contributed by atoms with Crippen molar-refractivity contribution < 1.29 is 28.2 Å². The summed E-state index contributed by atoms with van der Waals surface area (Å²) in [5.74, 6) is -3.59. The number of nitrogens with zero attached hydrogens (tertiary/aromatic N) is 1. The Labute approximate surface area is 105 Å². The van der Waals surface area contributed by atoms with E-state index in [-0.39, 0.29) is 13.0 Å². The summed E-state index contributed by atoms with van der Waals surface area (Å²) in [4.78, 5) is 21.4. The molecule has 0 atom stereocenters. The molecule has 1 aliphatic rings. The lowest BCUT2D eigenvalue weighted by molar-refractivity contribution is -0.134. The number of alkyl halides is 2. The Bertz CT molecular complexity index is 309. The summed E-state index contributed by atoms with van der Waals surface area (Å²) >= 11 is 0. The fraction of sp³-hybridized carbons (Fsp3) is 0.818. The molecule has 18 heavy (non-hydrogen) atoms. The number of carbonyl (C=O) groups excluding carboxylic acids is 1. The van der Waals surface area contributed by atoms with Crippen molar-refractivity contribution in [1.82, 2.24) is 4.90 Å². The van der Waals surface area contributed by atoms with Crippen LogP contribution in [0, 0.1) is 0 Å². The highest BCUT2D eigenvalue weighted by Crippen LogP contribution is 2.27. The molecule has 0 radical (unpaired) electrons. The van der Waals surface area contributed by atoms with Crippen LogP contribution in [0.1, 0.15) is 34.1 Å². The number of carboxylic acid groups (broad SMARTS) is 1. The van der Waals surface area contributed by atoms with Crippen LogP contribution in [0.5, 0.6) is 0 Å². The van der Waals surface area contributed by atoms with E-state index >= 15 is 0 Å². The molecule has 0 bridgehead atoms. The molecule has 1 heterocycles. The maximum atomic E-state index is 12.7. The minimum Gasteiger partial charge on any atom is -0.481 e. The van der Waals surface area contributed by atoms with E-state index in [9.17, 15) is 13.6 Å². The largest absolute Gasteiger partial charge is 0.481 e. The van der Waals surface area contributed by atoms with Gasteiger partial charge >= 0.3 is 6.09 Å². The number of amides is 1. The summed E-state index contributed by atoms with van der Waals surface area (Å²) in [5, 5.41) is 7.42. The van der Waals surface area contributed by atoms with E-state index in [0.29, 0.717) is 0 Å². The van der Waals surface area contributed by atoms with Gasteiger partial charge in [-0.25, -0.2) is 13.6 Å². The highest BCUT2D eigenvalue weighted by Gasteiger charge is 2.41. The summed E-state index contributed by atoms with van der Waals surface area (Å²) in [6, 6.07) is 0. The van der Waals surface area contributed by atoms with E-state index in [2.05, 4.69) is 0 Å². The van der Waals surface area contributed by atoms with Crippen LogP contribution in [-0.2, 0) is 9.53 Å². The highest BCUT2D eigenvalue weighted by molar-refractivity contribution is 5.68. The van der Waals surface area contributed by atoms with Gasteiger partial charge in [0.25, 0.3) is 11.9 Å². The average molecular weight is 267 g/mol. The van der Waals surface area contributed by atoms with E-state index < -0.39 is 30.1 Å². The molecule has 0 spiro atoms. The van der Waals surface area contributed by atoms with Crippen LogP contribution >= 0.6 is 0 Å². The zero-order valence-corrected chi connectivity index (χ0v) is 11.0. The standard InChI is InChI=1S/C9H15F2NO2.C2H4O2/c1-8(2,3)14-7(13)12-5-4-9(10,11)6-12;1-2(3)4/h4-6H2,1-3H3;1H3,(H,3,4). The molecule has 0 unspecified atom stereocenters. The fourth-order valence-corrected chi connectivity index (χ4v) is 1.22. The molecule has 1 aliphatic heterocycles. The van der Waals surface area contributed by atoms with Crippen molar-refractivity contribution >= 4 is 12.1 Å². The van der Waals surface area contributed by atoms with Crippen molar-refractivity contribution in [2.75, 3.05) is 13.1 Å². The van der Waals surface area contributed by atoms with Crippen LogP contribution in [0.2, 0.25) is 0 Å². The highest BCUT2D eigenvalue weighted by atomic mass is 19.3. The predicted molar refractivity (Wildman–Crippen MR) is 60.7 cm³/mol. The van der Waals surface area contributed by atoms with Gasteiger partial charge in [-0.15, -0.1) is 0 Å². The minimum absolute atomic E-state index is 0.0713. The molecule has 1 rings (SSSR count). The summed E-state index contributed by atoms with van der Waals surface area (Å²) < 4.78 is 30.4. The molecule has 0 aromatic carbocycles. The van der Waals surface area contributed by atoms with Gasteiger partial charge in [-0.2, -0.15) is 0 Å². The van der Waals surface area contributed by atoms with Gasteiger partial charge in [0.1, 0.15) is 5.60 Å². The molecular weight excluding hydrogens is 248 g/mol. The summed E-state index contributed by atoms with van der Waals surface area (Å²) in [7, 11) is 0. The normalized spacial score (nSPS) is 17.8. The van der Waals surface area contributed by atoms with Gasteiger partial charge in [-0.05, 0) is 20.8 Å². The first-order valence-corrected chi connectivity index (χ1v) is 5.48. The fourth-order valence-electron chi connectivity index (χ4n) is 1.22. The first-order chi connectivity index (χ1) is 7.93. The second-order valence-electron chi connectivity index (χ2n) is 5.03. The maximum Gasteiger partial charge on any atom is 0.410 e. The zero-order valence-electron chi connectivity index (χ0n) is 11.0. The van der Waals surface area contributed by atoms with Crippen molar-refractivity contribution in [3.8, 4) is 0 Å². The molecule has 1 fully saturated rings. The molecule has 1 saturated heterocycles. The number of halogens is 2. The van der Waals surface area contributed by atoms with Crippen LogP contribution in [0.4, 0.5) is 13.6 Å². The van der Waals surface area contributed by atoms with Gasteiger partial charge in [0.2, 0.25) is 0 Å². The third-order valence-electron chi connectivity index (χ3n) is 1.82. The number of hydrogen-bond acceptors (Lipinski definition) is 3. The zero-order chi connectivity index (χ0) is 14.6. The van der Waals surface area contributed by atoms with Crippen molar-refractivity contribution in [2.45, 2.75) is 45.6 Å². The molecule has 0 saturated carbocycles. The summed E-state index contributed by atoms with van der Waals surface area (Å²) in [5.41, 5.74) is -0.630. The Balaban J connectivity index is 0.000000631. The van der Waals surface area contributed by atoms with Crippen molar-refractivity contribution in [2.24, 2.45) is 0 Å². The molecule has 5 nitrogen and oxygen atoms in total. The number of ether oxygens (including phenoxy) is 1. The van der Waals surface area contributed by atoms with Gasteiger partial charge in [0, 0.05) is 19.9 Å². The van der Waals surface area contributed by atoms with Gasteiger partial charge in [-0.1, -0.05) is 0 Å². The lowest BCUT2D eigenvalue weighted by atomic mass is 10.2. The average Bonchev–Trinajstić information content (AvgIpc) is 2.41. The molecule has 1 N–H and O–H groups in total. The van der Waals surface area contributed by atoms with E-state index in [1.165, 1.54) is 0 Å². The number of hydrogen-bond donors (Lipinski definition) is 1. The van der Waals surface area contributed by atoms with E-state index in [4.69, 9.17) is 14.6 Å². The van der Waals surface area contributed by atoms with Gasteiger partial charge < -0.3 is 14.7 Å². The monoisotopic (exact) mass is 267 g/mol. The van der Waals surface area contributed by atoms with Gasteiger partial charge in [-0.3, -0.25) is 4.79 Å². The van der Waals surface area contributed by atoms with Crippen molar-refractivity contribution in [3.05, 3.63) is 0 Å². The number of carboxylic acids is 1. The minimum atomic E-state index is -2.75. The molecule has 0 aromatic heterocycles. The molecule has 0 aromatic rings. The smallest absolute Gasteiger partial charge is 0.410 e. The summed E-state index contributed by atoms with van der Waals surface area (Å²) in [6.07, 6.45) is -0.929. The van der Waals surface area contributed by atoms with Gasteiger partial charge in [0.15, 0.2) is 0 Å². The maximum absolute atomic E-state index is 12.7. The second kappa shape index (κ2) is 5.97. The first kappa shape index (κ1) is 16.6. The van der Waals surface area contributed by atoms with Crippen LogP contribution in [0.15, 0.2) is 0 Å². The quantitative estimate of drug-likeness (QED) is 0.731. The molecule has 106 valence electrons. The molecule has 1 amide bonds. The molecule has 0 aliphatic carbocycles. The van der Waals surface area contributed by atoms with Crippen LogP contribution in [-0.4, -0.2) is 46.7 Å². The Morgan fingerprint density at radius 3 is 2.06 bits per heavy atom. The van der Waals surface area contributed by atoms with Gasteiger partial charge in [0.05, 0.1) is 6.54 Å². The van der Waals surface area contributed by atoms with Crippen LogP contribution in [0.25, 0.3) is 0 Å². The first-order valence-electron chi connectivity index (χ1n) is 5.48. The van der Waals surface area contributed by atoms with E-state index in [0.717, 1.165) is 11.8 Å². The third-order valence-corrected chi connectivity index (χ3v) is 1.82. The second-order valence-corrected chi connectivity index (χ2v) is 5.03. The van der Waals surface area contributed by atoms with Crippen LogP contribution < -0.4 is 0 Å². The molecule has 7 heteroatoms. The van der Waals surface area contributed by atoms with Crippen LogP contribution in [0.3, 0.4) is 0 Å². The number of rotatable bonds is 0. The predicted octanol–water partition coefficient (Wildman–Crippen LogP) is 2.35. The van der Waals surface area contributed by atoms with E-state index in [1.54, 1.807) is 20.8 Å². The number of carbonyl (C=O) groups is 2. The number of likely N-dealkylation sites (tertiary alicyclic amines) is 1. The van der Waals surface area contributed by atoms with E-state index in [1.807, 2.05) is 0 Å². The van der Waals surface area contributed by atoms with Crippen molar-refractivity contribution in [3.63, 3.8) is 0 Å². The van der Waals surface area contributed by atoms with Crippen molar-refractivity contribution in [1.29, 1.82) is 0 Å². The Hall–Kier alpha value is -1.40. The Morgan fingerprint density at radius 2 is 1.78 bits per heavy atom. The third kappa shape index (κ3) is 7.81. The lowest BCUT2D eigenvalue weighted by Gasteiger charge is -2.24. The topological polar surface area (TPSA) is 66.8 Å². The summed E-state index contributed by atoms with van der Waals surface area (Å²) in [6.45, 7) is 5.75.